The van der Waals surface area contributed by atoms with Gasteiger partial charge >= 0.3 is 5.97 Å². The van der Waals surface area contributed by atoms with Gasteiger partial charge in [0.25, 0.3) is 5.24 Å². The van der Waals surface area contributed by atoms with Crippen LogP contribution in [0.25, 0.3) is 0 Å². The number of aliphatic hydroxyl groups is 2. The number of halogens is 2. The average Bonchev–Trinajstić information content (AvgIpc) is 3.04. The topological polar surface area (TPSA) is 104 Å². The molecule has 4 aliphatic rings. The molecule has 10 heteroatoms. The van der Waals surface area contributed by atoms with Gasteiger partial charge in [-0.3, -0.25) is 14.4 Å². The SMILES string of the molecule is CCC(=O)O[C@]1(C(O)SC(=O)N(C)C)[C@H](C)CC2C3C[C@H](F)C4=CC(=O)C=C[C@]4(C)[C@@]3(F)[C@@H](O)C[C@@]21C. The Bertz CT molecular complexity index is 1070. The molecule has 1 amide bonds. The highest BCUT2D eigenvalue weighted by molar-refractivity contribution is 8.13. The van der Waals surface area contributed by atoms with Crippen molar-refractivity contribution in [1.82, 2.24) is 4.90 Å². The standard InChI is InChI=1S/C27H37F2NO6S/c1-7-21(33)36-27(22(34)37-23(35)30(5)6)14(2)10-16-17-12-19(28)18-11-15(31)8-9-24(18,3)26(17,29)20(32)13-25(16,27)4/h8-9,11,14,16-17,19-20,22,32,34H,7,10,12-13H2,1-6H3/t14-,16?,17?,19+,20+,22?,24+,25+,26+,27+/m1/s1. The predicted octanol–water partition coefficient (Wildman–Crippen LogP) is 3.98. The lowest BCUT2D eigenvalue weighted by Gasteiger charge is -2.63. The summed E-state index contributed by atoms with van der Waals surface area (Å²) in [7, 11) is 3.07. The number of hydrogen-bond donors (Lipinski definition) is 2. The number of allylic oxidation sites excluding steroid dienone is 4. The van der Waals surface area contributed by atoms with Gasteiger partial charge in [-0.1, -0.05) is 26.8 Å². The lowest BCUT2D eigenvalue weighted by Crippen LogP contribution is -2.71. The highest BCUT2D eigenvalue weighted by atomic mass is 32.2. The summed E-state index contributed by atoms with van der Waals surface area (Å²) in [5.41, 5.74) is -8.07. The Morgan fingerprint density at radius 1 is 1.27 bits per heavy atom. The van der Waals surface area contributed by atoms with Crippen molar-refractivity contribution < 1.29 is 38.1 Å². The van der Waals surface area contributed by atoms with E-state index < -0.39 is 74.6 Å². The molecule has 3 saturated carbocycles. The molecule has 4 rings (SSSR count). The number of nitrogens with zero attached hydrogens (tertiary/aromatic N) is 1. The van der Waals surface area contributed by atoms with E-state index in [1.54, 1.807) is 20.8 Å². The van der Waals surface area contributed by atoms with Crippen LogP contribution >= 0.6 is 11.8 Å². The van der Waals surface area contributed by atoms with Gasteiger partial charge < -0.3 is 19.8 Å². The van der Waals surface area contributed by atoms with Crippen molar-refractivity contribution in [3.8, 4) is 0 Å². The molecule has 0 aromatic carbocycles. The first-order valence-electron chi connectivity index (χ1n) is 12.8. The van der Waals surface area contributed by atoms with Crippen molar-refractivity contribution in [2.24, 2.45) is 28.6 Å². The normalized spacial score (nSPS) is 45.3. The highest BCUT2D eigenvalue weighted by Gasteiger charge is 2.78. The maximum absolute atomic E-state index is 17.4. The third-order valence-electron chi connectivity index (χ3n) is 9.77. The van der Waals surface area contributed by atoms with Crippen molar-refractivity contribution in [1.29, 1.82) is 0 Å². The number of carbonyl (C=O) groups excluding carboxylic acids is 3. The fourth-order valence-electron chi connectivity index (χ4n) is 7.90. The van der Waals surface area contributed by atoms with E-state index in [1.807, 2.05) is 0 Å². The van der Waals surface area contributed by atoms with Gasteiger partial charge in [0.15, 0.2) is 17.1 Å². The van der Waals surface area contributed by atoms with Crippen LogP contribution in [0.2, 0.25) is 0 Å². The zero-order valence-corrected chi connectivity index (χ0v) is 23.0. The smallest absolute Gasteiger partial charge is 0.306 e. The Kier molecular flexibility index (Phi) is 6.99. The first-order valence-corrected chi connectivity index (χ1v) is 13.7. The number of carbonyl (C=O) groups is 3. The summed E-state index contributed by atoms with van der Waals surface area (Å²) in [5.74, 6) is -3.08. The Hall–Kier alpha value is -1.78. The van der Waals surface area contributed by atoms with Crippen LogP contribution in [0.15, 0.2) is 23.8 Å². The lowest BCUT2D eigenvalue weighted by molar-refractivity contribution is -0.243. The van der Waals surface area contributed by atoms with E-state index in [9.17, 15) is 24.6 Å². The Balaban J connectivity index is 1.85. The molecule has 0 spiro atoms. The number of alkyl halides is 2. The minimum absolute atomic E-state index is 0.0187. The molecule has 0 aromatic heterocycles. The molecule has 3 unspecified atom stereocenters. The van der Waals surface area contributed by atoms with Crippen LogP contribution in [0.3, 0.4) is 0 Å². The van der Waals surface area contributed by atoms with Crippen molar-refractivity contribution in [2.45, 2.75) is 82.4 Å². The van der Waals surface area contributed by atoms with E-state index in [-0.39, 0.29) is 24.8 Å². The van der Waals surface area contributed by atoms with E-state index in [0.717, 1.165) is 6.08 Å². The second kappa shape index (κ2) is 9.16. The molecular formula is C27H37F2NO6S. The summed E-state index contributed by atoms with van der Waals surface area (Å²) in [6, 6.07) is 0. The molecule has 2 N–H and O–H groups in total. The van der Waals surface area contributed by atoms with Crippen LogP contribution < -0.4 is 0 Å². The minimum atomic E-state index is -2.29. The van der Waals surface area contributed by atoms with Gasteiger partial charge in [-0.25, -0.2) is 8.78 Å². The van der Waals surface area contributed by atoms with Crippen molar-refractivity contribution in [2.75, 3.05) is 14.1 Å². The van der Waals surface area contributed by atoms with Crippen molar-refractivity contribution in [3.05, 3.63) is 23.8 Å². The van der Waals surface area contributed by atoms with Gasteiger partial charge in [-0.2, -0.15) is 0 Å². The summed E-state index contributed by atoms with van der Waals surface area (Å²) in [5, 5.41) is 22.6. The fourth-order valence-corrected chi connectivity index (χ4v) is 9.02. The molecule has 4 aliphatic carbocycles. The molecule has 37 heavy (non-hydrogen) atoms. The molecule has 0 heterocycles. The van der Waals surface area contributed by atoms with Gasteiger partial charge in [-0.15, -0.1) is 0 Å². The van der Waals surface area contributed by atoms with Gasteiger partial charge in [-0.05, 0) is 61.6 Å². The monoisotopic (exact) mass is 541 g/mol. The molecule has 0 bridgehead atoms. The summed E-state index contributed by atoms with van der Waals surface area (Å²) >= 11 is 0.620. The number of rotatable bonds is 4. The van der Waals surface area contributed by atoms with Gasteiger partial charge in [0, 0.05) is 43.2 Å². The number of esters is 1. The first-order chi connectivity index (χ1) is 17.1. The highest BCUT2D eigenvalue weighted by Crippen LogP contribution is 2.72. The molecular weight excluding hydrogens is 504 g/mol. The largest absolute Gasteiger partial charge is 0.454 e. The maximum atomic E-state index is 17.4. The average molecular weight is 542 g/mol. The van der Waals surface area contributed by atoms with E-state index in [1.165, 1.54) is 38.1 Å². The summed E-state index contributed by atoms with van der Waals surface area (Å²) in [4.78, 5) is 38.6. The van der Waals surface area contributed by atoms with Gasteiger partial charge in [0.05, 0.1) is 6.10 Å². The van der Waals surface area contributed by atoms with Crippen molar-refractivity contribution in [3.63, 3.8) is 0 Å². The quantitative estimate of drug-likeness (QED) is 0.410. The second-order valence-corrected chi connectivity index (χ2v) is 12.8. The molecule has 206 valence electrons. The zero-order valence-electron chi connectivity index (χ0n) is 22.2. The summed E-state index contributed by atoms with van der Waals surface area (Å²) in [6.07, 6.45) is 0.420. The van der Waals surface area contributed by atoms with Gasteiger partial charge in [0.2, 0.25) is 0 Å². The van der Waals surface area contributed by atoms with Crippen LogP contribution in [0.4, 0.5) is 13.6 Å². The molecule has 7 nitrogen and oxygen atoms in total. The van der Waals surface area contributed by atoms with Crippen LogP contribution in [-0.2, 0) is 14.3 Å². The van der Waals surface area contributed by atoms with Gasteiger partial charge in [0.1, 0.15) is 11.6 Å². The first kappa shape index (κ1) is 28.2. The van der Waals surface area contributed by atoms with Crippen molar-refractivity contribution >= 4 is 28.8 Å². The predicted molar refractivity (Wildman–Crippen MR) is 135 cm³/mol. The summed E-state index contributed by atoms with van der Waals surface area (Å²) < 4.78 is 39.1. The molecule has 0 aromatic rings. The summed E-state index contributed by atoms with van der Waals surface area (Å²) in [6.45, 7) is 6.67. The third kappa shape index (κ3) is 3.68. The fraction of sp³-hybridized carbons (Fsp3) is 0.741. The maximum Gasteiger partial charge on any atom is 0.306 e. The molecule has 0 saturated heterocycles. The molecule has 0 radical (unpaired) electrons. The lowest BCUT2D eigenvalue weighted by atomic mass is 9.44. The van der Waals surface area contributed by atoms with E-state index in [0.29, 0.717) is 18.2 Å². The number of thioether (sulfide) groups is 1. The third-order valence-corrected chi connectivity index (χ3v) is 10.9. The Morgan fingerprint density at radius 2 is 1.92 bits per heavy atom. The Labute approximate surface area is 220 Å². The number of hydrogen-bond acceptors (Lipinski definition) is 7. The number of ether oxygens (including phenoxy) is 1. The van der Waals surface area contributed by atoms with Crippen LogP contribution in [0.1, 0.15) is 53.4 Å². The molecule has 3 fully saturated rings. The van der Waals surface area contributed by atoms with E-state index in [2.05, 4.69) is 0 Å². The molecule has 0 aliphatic heterocycles. The number of aliphatic hydroxyl groups excluding tert-OH is 2. The van der Waals surface area contributed by atoms with Crippen LogP contribution in [0, 0.1) is 28.6 Å². The number of ketones is 1. The van der Waals surface area contributed by atoms with Crippen LogP contribution in [-0.4, -0.2) is 75.2 Å². The van der Waals surface area contributed by atoms with E-state index >= 15 is 8.78 Å². The number of fused-ring (bicyclic) bond motifs is 5. The minimum Gasteiger partial charge on any atom is -0.454 e. The second-order valence-electron chi connectivity index (χ2n) is 11.7. The Morgan fingerprint density at radius 3 is 2.51 bits per heavy atom. The van der Waals surface area contributed by atoms with Crippen LogP contribution in [0.5, 0.6) is 0 Å². The van der Waals surface area contributed by atoms with E-state index in [4.69, 9.17) is 4.74 Å². The zero-order chi connectivity index (χ0) is 27.7. The number of amides is 1. The molecule has 10 atom stereocenters.